The summed E-state index contributed by atoms with van der Waals surface area (Å²) in [5, 5.41) is 16.7. The van der Waals surface area contributed by atoms with Gasteiger partial charge in [0.05, 0.1) is 23.5 Å². The Morgan fingerprint density at radius 1 is 1.50 bits per heavy atom. The summed E-state index contributed by atoms with van der Waals surface area (Å²) < 4.78 is 4.98. The Morgan fingerprint density at radius 2 is 2.39 bits per heavy atom. The second-order valence-electron chi connectivity index (χ2n) is 4.38. The fourth-order valence-electron chi connectivity index (χ4n) is 2.19. The van der Waals surface area contributed by atoms with Crippen LogP contribution in [0.4, 0.5) is 0 Å². The molecule has 1 fully saturated rings. The molecule has 2 N–H and O–H groups in total. The van der Waals surface area contributed by atoms with Gasteiger partial charge in [0.1, 0.15) is 5.82 Å². The van der Waals surface area contributed by atoms with Gasteiger partial charge >= 0.3 is 5.97 Å². The van der Waals surface area contributed by atoms with Crippen molar-refractivity contribution in [3.8, 4) is 0 Å². The highest BCUT2D eigenvalue weighted by Gasteiger charge is 2.29. The minimum absolute atomic E-state index is 0.144. The van der Waals surface area contributed by atoms with Crippen LogP contribution in [0.15, 0.2) is 16.9 Å². The lowest BCUT2D eigenvalue weighted by Gasteiger charge is -2.26. The van der Waals surface area contributed by atoms with Crippen LogP contribution in [0.1, 0.15) is 24.7 Å². The van der Waals surface area contributed by atoms with Gasteiger partial charge in [0.2, 0.25) is 0 Å². The normalized spacial score (nSPS) is 24.2. The van der Waals surface area contributed by atoms with Crippen molar-refractivity contribution in [2.24, 2.45) is 5.92 Å². The Kier molecular flexibility index (Phi) is 2.67. The van der Waals surface area contributed by atoms with Crippen molar-refractivity contribution in [1.29, 1.82) is 0 Å². The molecule has 0 radical (unpaired) electrons. The van der Waals surface area contributed by atoms with E-state index in [9.17, 15) is 4.79 Å². The van der Waals surface area contributed by atoms with Gasteiger partial charge in [-0.2, -0.15) is 4.98 Å². The molecule has 0 aromatic carbocycles. The summed E-state index contributed by atoms with van der Waals surface area (Å²) in [6.07, 6.45) is 4.32. The molecule has 3 heterocycles. The lowest BCUT2D eigenvalue weighted by atomic mass is 9.92. The van der Waals surface area contributed by atoms with Crippen LogP contribution in [-0.4, -0.2) is 32.7 Å². The number of aliphatic carboxylic acids is 1. The average molecular weight is 248 g/mol. The largest absolute Gasteiger partial charge is 0.481 e. The molecule has 2 aromatic rings. The first-order valence-corrected chi connectivity index (χ1v) is 5.77. The number of hydrogen-bond donors (Lipinski definition) is 2. The molecule has 0 spiro atoms. The van der Waals surface area contributed by atoms with E-state index < -0.39 is 5.97 Å². The molecule has 1 saturated heterocycles. The van der Waals surface area contributed by atoms with Gasteiger partial charge in [-0.3, -0.25) is 4.79 Å². The maximum absolute atomic E-state index is 11.0. The summed E-state index contributed by atoms with van der Waals surface area (Å²) in [4.78, 5) is 19.5. The van der Waals surface area contributed by atoms with Crippen LogP contribution >= 0.6 is 0 Å². The first-order chi connectivity index (χ1) is 8.74. The molecule has 7 nitrogen and oxygen atoms in total. The molecule has 0 amide bonds. The molecular weight excluding hydrogens is 236 g/mol. The zero-order valence-corrected chi connectivity index (χ0v) is 9.54. The standard InChI is InChI=1S/C11H12N4O3/c16-11(17)6-1-2-12-8(3-6)9-13-4-7-5-14-18-10(7)15-9/h4-6,8,12H,1-3H2,(H,16,17). The number of carbonyl (C=O) groups is 1. The first kappa shape index (κ1) is 11.1. The predicted octanol–water partition coefficient (Wildman–Crippen LogP) is 0.743. The number of carboxylic acid groups (broad SMARTS) is 1. The topological polar surface area (TPSA) is 101 Å². The van der Waals surface area contributed by atoms with E-state index in [1.54, 1.807) is 12.4 Å². The van der Waals surface area contributed by atoms with E-state index in [0.29, 0.717) is 30.9 Å². The molecule has 2 atom stereocenters. The zero-order chi connectivity index (χ0) is 12.5. The van der Waals surface area contributed by atoms with Gasteiger partial charge in [-0.1, -0.05) is 5.16 Å². The minimum atomic E-state index is -0.762. The number of aromatic nitrogens is 3. The quantitative estimate of drug-likeness (QED) is 0.808. The van der Waals surface area contributed by atoms with Crippen LogP contribution in [0.3, 0.4) is 0 Å². The van der Waals surface area contributed by atoms with Gasteiger partial charge in [0.25, 0.3) is 5.71 Å². The fourth-order valence-corrected chi connectivity index (χ4v) is 2.19. The maximum atomic E-state index is 11.0. The third-order valence-electron chi connectivity index (χ3n) is 3.19. The third-order valence-corrected chi connectivity index (χ3v) is 3.19. The minimum Gasteiger partial charge on any atom is -0.481 e. The van der Waals surface area contributed by atoms with Crippen molar-refractivity contribution in [3.63, 3.8) is 0 Å². The summed E-state index contributed by atoms with van der Waals surface area (Å²) in [6.45, 7) is 0.652. The Hall–Kier alpha value is -2.02. The van der Waals surface area contributed by atoms with Gasteiger partial charge in [0.15, 0.2) is 0 Å². The number of carboxylic acids is 1. The summed E-state index contributed by atoms with van der Waals surface area (Å²) in [5.41, 5.74) is 0.430. The first-order valence-electron chi connectivity index (χ1n) is 5.77. The zero-order valence-electron chi connectivity index (χ0n) is 9.54. The summed E-state index contributed by atoms with van der Waals surface area (Å²) in [6, 6.07) is -0.144. The van der Waals surface area contributed by atoms with Crippen molar-refractivity contribution in [2.75, 3.05) is 6.54 Å². The van der Waals surface area contributed by atoms with Crippen LogP contribution in [0, 0.1) is 5.92 Å². The second-order valence-corrected chi connectivity index (χ2v) is 4.38. The number of rotatable bonds is 2. The number of nitrogens with one attached hydrogen (secondary N) is 1. The number of nitrogens with zero attached hydrogens (tertiary/aromatic N) is 3. The molecule has 1 aliphatic rings. The second kappa shape index (κ2) is 4.34. The van der Waals surface area contributed by atoms with Gasteiger partial charge < -0.3 is 14.9 Å². The lowest BCUT2D eigenvalue weighted by Crippen LogP contribution is -2.35. The summed E-state index contributed by atoms with van der Waals surface area (Å²) in [7, 11) is 0. The SMILES string of the molecule is O=C(O)C1CCNC(c2ncc3cnoc3n2)C1. The van der Waals surface area contributed by atoms with Crippen LogP contribution in [0.5, 0.6) is 0 Å². The summed E-state index contributed by atoms with van der Waals surface area (Å²) in [5.74, 6) is -0.544. The van der Waals surface area contributed by atoms with E-state index >= 15 is 0 Å². The monoisotopic (exact) mass is 248 g/mol. The number of hydrogen-bond acceptors (Lipinski definition) is 6. The van der Waals surface area contributed by atoms with Gasteiger partial charge in [-0.25, -0.2) is 4.98 Å². The molecule has 2 aromatic heterocycles. The number of piperidine rings is 1. The number of fused-ring (bicyclic) bond motifs is 1. The van der Waals surface area contributed by atoms with E-state index in [1.165, 1.54) is 0 Å². The molecule has 0 saturated carbocycles. The highest BCUT2D eigenvalue weighted by molar-refractivity contribution is 5.71. The highest BCUT2D eigenvalue weighted by atomic mass is 16.5. The van der Waals surface area contributed by atoms with Gasteiger partial charge in [0, 0.05) is 6.20 Å². The van der Waals surface area contributed by atoms with E-state index in [2.05, 4.69) is 20.4 Å². The van der Waals surface area contributed by atoms with Crippen LogP contribution in [0.25, 0.3) is 11.1 Å². The highest BCUT2D eigenvalue weighted by Crippen LogP contribution is 2.26. The van der Waals surface area contributed by atoms with Crippen molar-refractivity contribution in [3.05, 3.63) is 18.2 Å². The Balaban J connectivity index is 1.86. The van der Waals surface area contributed by atoms with E-state index in [-0.39, 0.29) is 12.0 Å². The summed E-state index contributed by atoms with van der Waals surface area (Å²) >= 11 is 0. The Bertz CT molecular complexity index is 582. The molecule has 18 heavy (non-hydrogen) atoms. The Labute approximate surface area is 102 Å². The fraction of sp³-hybridized carbons (Fsp3) is 0.455. The predicted molar refractivity (Wildman–Crippen MR) is 60.7 cm³/mol. The van der Waals surface area contributed by atoms with Crippen LogP contribution in [0.2, 0.25) is 0 Å². The van der Waals surface area contributed by atoms with Crippen LogP contribution < -0.4 is 5.32 Å². The third kappa shape index (κ3) is 1.92. The lowest BCUT2D eigenvalue weighted by molar-refractivity contribution is -0.143. The van der Waals surface area contributed by atoms with Crippen molar-refractivity contribution in [1.82, 2.24) is 20.4 Å². The molecule has 7 heteroatoms. The van der Waals surface area contributed by atoms with E-state index in [0.717, 1.165) is 5.39 Å². The molecule has 0 aliphatic carbocycles. The van der Waals surface area contributed by atoms with E-state index in [4.69, 9.17) is 9.63 Å². The van der Waals surface area contributed by atoms with Crippen molar-refractivity contribution in [2.45, 2.75) is 18.9 Å². The Morgan fingerprint density at radius 3 is 3.22 bits per heavy atom. The molecular formula is C11H12N4O3. The molecule has 2 unspecified atom stereocenters. The van der Waals surface area contributed by atoms with Crippen LogP contribution in [-0.2, 0) is 4.79 Å². The van der Waals surface area contributed by atoms with Gasteiger partial charge in [-0.05, 0) is 19.4 Å². The van der Waals surface area contributed by atoms with Gasteiger partial charge in [-0.15, -0.1) is 0 Å². The smallest absolute Gasteiger partial charge is 0.306 e. The average Bonchev–Trinajstić information content (AvgIpc) is 2.86. The molecule has 0 bridgehead atoms. The molecule has 94 valence electrons. The van der Waals surface area contributed by atoms with Crippen molar-refractivity contribution < 1.29 is 14.4 Å². The van der Waals surface area contributed by atoms with Crippen molar-refractivity contribution >= 4 is 17.1 Å². The maximum Gasteiger partial charge on any atom is 0.306 e. The molecule has 3 rings (SSSR count). The molecule has 1 aliphatic heterocycles. The van der Waals surface area contributed by atoms with E-state index in [1.807, 2.05) is 0 Å².